The predicted octanol–water partition coefficient (Wildman–Crippen LogP) is 2.90. The lowest BCUT2D eigenvalue weighted by atomic mass is 10.1. The first-order valence-corrected chi connectivity index (χ1v) is 10.5. The topological polar surface area (TPSA) is 94.6 Å². The third-order valence-electron chi connectivity index (χ3n) is 5.54. The Kier molecular flexibility index (Phi) is 5.21. The van der Waals surface area contributed by atoms with Gasteiger partial charge in [0, 0.05) is 18.7 Å². The van der Waals surface area contributed by atoms with Crippen molar-refractivity contribution < 1.29 is 19.0 Å². The van der Waals surface area contributed by atoms with Gasteiger partial charge < -0.3 is 24.5 Å². The van der Waals surface area contributed by atoms with Gasteiger partial charge in [0.15, 0.2) is 16.3 Å². The summed E-state index contributed by atoms with van der Waals surface area (Å²) in [6, 6.07) is 10.5. The molecule has 3 aromatic rings. The van der Waals surface area contributed by atoms with Crippen LogP contribution in [0.25, 0.3) is 10.9 Å². The summed E-state index contributed by atoms with van der Waals surface area (Å²) >= 11 is 5.39. The first kappa shape index (κ1) is 19.8. The van der Waals surface area contributed by atoms with E-state index in [-0.39, 0.29) is 24.4 Å². The Morgan fingerprint density at radius 2 is 2.06 bits per heavy atom. The monoisotopic (exact) mass is 439 g/mol. The van der Waals surface area contributed by atoms with E-state index in [0.29, 0.717) is 52.4 Å². The first-order valence-electron chi connectivity index (χ1n) is 10.1. The van der Waals surface area contributed by atoms with Gasteiger partial charge in [0.05, 0.1) is 23.6 Å². The number of aromatic nitrogens is 2. The Balaban J connectivity index is 1.34. The zero-order chi connectivity index (χ0) is 21.4. The van der Waals surface area contributed by atoms with Gasteiger partial charge in [-0.2, -0.15) is 0 Å². The molecule has 5 rings (SSSR count). The number of fused-ring (bicyclic) bond motifs is 2. The smallest absolute Gasteiger partial charge is 0.262 e. The lowest BCUT2D eigenvalue weighted by Crippen LogP contribution is -2.28. The maximum Gasteiger partial charge on any atom is 0.262 e. The zero-order valence-corrected chi connectivity index (χ0v) is 17.5. The largest absolute Gasteiger partial charge is 0.454 e. The van der Waals surface area contributed by atoms with Crippen molar-refractivity contribution in [3.63, 3.8) is 0 Å². The van der Waals surface area contributed by atoms with Gasteiger partial charge in [0.1, 0.15) is 0 Å². The number of H-pyrrole nitrogens is 1. The summed E-state index contributed by atoms with van der Waals surface area (Å²) in [5.74, 6) is 1.12. The molecule has 0 aliphatic carbocycles. The molecule has 0 spiro atoms. The Hall–Kier alpha value is -3.17. The van der Waals surface area contributed by atoms with Gasteiger partial charge in [0.2, 0.25) is 6.79 Å². The van der Waals surface area contributed by atoms with Crippen molar-refractivity contribution in [3.05, 3.63) is 62.6 Å². The summed E-state index contributed by atoms with van der Waals surface area (Å²) in [4.78, 5) is 28.7. The number of aromatic amines is 1. The molecule has 1 atom stereocenters. The van der Waals surface area contributed by atoms with Crippen LogP contribution in [0, 0.1) is 4.77 Å². The minimum absolute atomic E-state index is 0.00600. The summed E-state index contributed by atoms with van der Waals surface area (Å²) < 4.78 is 18.2. The Morgan fingerprint density at radius 3 is 2.90 bits per heavy atom. The zero-order valence-electron chi connectivity index (χ0n) is 16.7. The SMILES string of the molecule is O=C(NCc1ccc2c(c1)OCO2)c1ccc2c(=O)n(CC3CCCO3)c(=S)[nH]c2c1. The van der Waals surface area contributed by atoms with Crippen molar-refractivity contribution in [2.45, 2.75) is 32.0 Å². The summed E-state index contributed by atoms with van der Waals surface area (Å²) in [5.41, 5.74) is 1.70. The van der Waals surface area contributed by atoms with Crippen LogP contribution in [0.15, 0.2) is 41.2 Å². The van der Waals surface area contributed by atoms with Crippen molar-refractivity contribution in [1.29, 1.82) is 0 Å². The summed E-state index contributed by atoms with van der Waals surface area (Å²) in [6.45, 7) is 1.70. The van der Waals surface area contributed by atoms with Crippen LogP contribution < -0.4 is 20.3 Å². The average Bonchev–Trinajstić information content (AvgIpc) is 3.46. The Morgan fingerprint density at radius 1 is 1.19 bits per heavy atom. The van der Waals surface area contributed by atoms with Gasteiger partial charge in [-0.1, -0.05) is 6.07 Å². The molecule has 8 nitrogen and oxygen atoms in total. The molecule has 0 radical (unpaired) electrons. The Bertz CT molecular complexity index is 1280. The summed E-state index contributed by atoms with van der Waals surface area (Å²) in [5, 5.41) is 3.37. The van der Waals surface area contributed by atoms with Gasteiger partial charge in [-0.05, 0) is 61.0 Å². The van der Waals surface area contributed by atoms with E-state index in [1.165, 1.54) is 4.57 Å². The van der Waals surface area contributed by atoms with Gasteiger partial charge >= 0.3 is 0 Å². The van der Waals surface area contributed by atoms with Gasteiger partial charge in [0.25, 0.3) is 11.5 Å². The van der Waals surface area contributed by atoms with E-state index in [1.54, 1.807) is 18.2 Å². The highest BCUT2D eigenvalue weighted by molar-refractivity contribution is 7.71. The van der Waals surface area contributed by atoms with E-state index >= 15 is 0 Å². The number of rotatable bonds is 5. The molecular weight excluding hydrogens is 418 g/mol. The van der Waals surface area contributed by atoms with E-state index in [4.69, 9.17) is 26.4 Å². The highest BCUT2D eigenvalue weighted by atomic mass is 32.1. The molecule has 2 aromatic carbocycles. The molecule has 9 heteroatoms. The predicted molar refractivity (Wildman–Crippen MR) is 116 cm³/mol. The molecule has 3 heterocycles. The van der Waals surface area contributed by atoms with Gasteiger partial charge in [-0.15, -0.1) is 0 Å². The second-order valence-electron chi connectivity index (χ2n) is 7.61. The van der Waals surface area contributed by atoms with Crippen molar-refractivity contribution >= 4 is 29.0 Å². The molecule has 1 unspecified atom stereocenters. The second kappa shape index (κ2) is 8.16. The number of hydrogen-bond donors (Lipinski definition) is 2. The average molecular weight is 439 g/mol. The number of nitrogens with zero attached hydrogens (tertiary/aromatic N) is 1. The minimum atomic E-state index is -0.248. The van der Waals surface area contributed by atoms with Crippen LogP contribution in [0.4, 0.5) is 0 Å². The fourth-order valence-electron chi connectivity index (χ4n) is 3.89. The normalized spacial score (nSPS) is 17.2. The van der Waals surface area contributed by atoms with Crippen LogP contribution in [-0.2, 0) is 17.8 Å². The van der Waals surface area contributed by atoms with Gasteiger partial charge in [-0.3, -0.25) is 14.2 Å². The van der Waals surface area contributed by atoms with Crippen LogP contribution in [-0.4, -0.2) is 35.0 Å². The summed E-state index contributed by atoms with van der Waals surface area (Å²) in [7, 11) is 0. The van der Waals surface area contributed by atoms with Crippen LogP contribution in [0.1, 0.15) is 28.8 Å². The van der Waals surface area contributed by atoms with Crippen molar-refractivity contribution in [1.82, 2.24) is 14.9 Å². The molecule has 2 N–H and O–H groups in total. The molecule has 1 aromatic heterocycles. The van der Waals surface area contributed by atoms with Crippen LogP contribution >= 0.6 is 12.2 Å². The van der Waals surface area contributed by atoms with Crippen LogP contribution in [0.2, 0.25) is 0 Å². The van der Waals surface area contributed by atoms with Crippen molar-refractivity contribution in [3.8, 4) is 11.5 Å². The maximum absolute atomic E-state index is 12.9. The lowest BCUT2D eigenvalue weighted by molar-refractivity contribution is 0.0950. The molecular formula is C22H21N3O5S. The van der Waals surface area contributed by atoms with Crippen LogP contribution in [0.5, 0.6) is 11.5 Å². The standard InChI is InChI=1S/C22H21N3O5S/c26-20(23-10-13-3-6-18-19(8-13)30-12-29-18)14-4-5-16-17(9-14)24-22(31)25(21(16)27)11-15-2-1-7-28-15/h3-6,8-9,15H,1-2,7,10-12H2,(H,23,26)(H,24,31). The molecule has 1 fully saturated rings. The second-order valence-corrected chi connectivity index (χ2v) is 8.00. The molecule has 2 aliphatic heterocycles. The third kappa shape index (κ3) is 3.94. The highest BCUT2D eigenvalue weighted by Gasteiger charge is 2.19. The molecule has 0 saturated carbocycles. The number of carbonyl (C=O) groups excluding carboxylic acids is 1. The van der Waals surface area contributed by atoms with Crippen molar-refractivity contribution in [2.75, 3.05) is 13.4 Å². The fraction of sp³-hybridized carbons (Fsp3) is 0.318. The van der Waals surface area contributed by atoms with E-state index in [9.17, 15) is 9.59 Å². The number of hydrogen-bond acceptors (Lipinski definition) is 6. The number of amides is 1. The maximum atomic E-state index is 12.9. The minimum Gasteiger partial charge on any atom is -0.454 e. The highest BCUT2D eigenvalue weighted by Crippen LogP contribution is 2.32. The van der Waals surface area contributed by atoms with E-state index in [1.807, 2.05) is 18.2 Å². The first-order chi connectivity index (χ1) is 15.1. The van der Waals surface area contributed by atoms with E-state index < -0.39 is 0 Å². The number of nitrogens with one attached hydrogen (secondary N) is 2. The fourth-order valence-corrected chi connectivity index (χ4v) is 4.16. The van der Waals surface area contributed by atoms with Crippen LogP contribution in [0.3, 0.4) is 0 Å². The van der Waals surface area contributed by atoms with Crippen molar-refractivity contribution in [2.24, 2.45) is 0 Å². The third-order valence-corrected chi connectivity index (χ3v) is 5.87. The number of benzene rings is 2. The number of carbonyl (C=O) groups is 1. The van der Waals surface area contributed by atoms with E-state index in [0.717, 1.165) is 18.4 Å². The van der Waals surface area contributed by atoms with Gasteiger partial charge in [-0.25, -0.2) is 0 Å². The molecule has 2 aliphatic rings. The summed E-state index contributed by atoms with van der Waals surface area (Å²) in [6.07, 6.45) is 1.92. The molecule has 160 valence electrons. The number of ether oxygens (including phenoxy) is 3. The molecule has 0 bridgehead atoms. The molecule has 1 saturated heterocycles. The van der Waals surface area contributed by atoms with E-state index in [2.05, 4.69) is 10.3 Å². The molecule has 31 heavy (non-hydrogen) atoms. The quantitative estimate of drug-likeness (QED) is 0.594. The Labute approximate surface area is 182 Å². The molecule has 1 amide bonds. The lowest BCUT2D eigenvalue weighted by Gasteiger charge is -2.13.